The van der Waals surface area contributed by atoms with Gasteiger partial charge in [0.25, 0.3) is 0 Å². The van der Waals surface area contributed by atoms with Crippen LogP contribution >= 0.6 is 7.82 Å². The standard InChI is InChI=1S/C39H65O8P/c1-3-5-7-9-11-13-15-17-19-21-23-25-27-29-31-33-38(40)45-35-37(36-46-48(42,43)44)47-39(41)34-32-30-28-26-24-22-20-18-16-14-12-10-8-6-4-2/h5,7,9,11,13-20,37H,3-4,6,8,10,12,21-36H2,1-2H3,(H2,42,43,44)/b7-5+,11-9+,15-13+,16-14+,19-17+,20-18+/t37-/m1/s1. The maximum Gasteiger partial charge on any atom is 0.469 e. The van der Waals surface area contributed by atoms with Gasteiger partial charge in [0.2, 0.25) is 0 Å². The molecule has 0 amide bonds. The van der Waals surface area contributed by atoms with Crippen LogP contribution in [0.2, 0.25) is 0 Å². The molecule has 0 saturated heterocycles. The van der Waals surface area contributed by atoms with Crippen LogP contribution in [0, 0.1) is 0 Å². The van der Waals surface area contributed by atoms with Crippen molar-refractivity contribution < 1.29 is 37.9 Å². The van der Waals surface area contributed by atoms with E-state index in [1.54, 1.807) is 0 Å². The molecule has 274 valence electrons. The summed E-state index contributed by atoms with van der Waals surface area (Å²) in [4.78, 5) is 42.7. The van der Waals surface area contributed by atoms with Crippen LogP contribution in [0.15, 0.2) is 72.9 Å². The molecule has 0 aliphatic heterocycles. The lowest BCUT2D eigenvalue weighted by atomic mass is 10.1. The van der Waals surface area contributed by atoms with Gasteiger partial charge in [0, 0.05) is 12.8 Å². The summed E-state index contributed by atoms with van der Waals surface area (Å²) in [6.07, 6.45) is 43.3. The van der Waals surface area contributed by atoms with Crippen LogP contribution in [-0.2, 0) is 28.2 Å². The van der Waals surface area contributed by atoms with Crippen molar-refractivity contribution in [1.29, 1.82) is 0 Å². The van der Waals surface area contributed by atoms with E-state index in [1.807, 2.05) is 30.4 Å². The third-order valence-electron chi connectivity index (χ3n) is 7.33. The fourth-order valence-corrected chi connectivity index (χ4v) is 4.97. The highest BCUT2D eigenvalue weighted by atomic mass is 31.2. The predicted octanol–water partition coefficient (Wildman–Crippen LogP) is 10.7. The molecular weight excluding hydrogens is 627 g/mol. The normalized spacial score (nSPS) is 13.3. The second-order valence-electron chi connectivity index (χ2n) is 11.9. The molecule has 0 aromatic carbocycles. The average molecular weight is 693 g/mol. The van der Waals surface area contributed by atoms with Crippen molar-refractivity contribution in [3.8, 4) is 0 Å². The Morgan fingerprint density at radius 1 is 0.562 bits per heavy atom. The number of hydrogen-bond acceptors (Lipinski definition) is 6. The number of carbonyl (C=O) groups excluding carboxylic acids is 2. The van der Waals surface area contributed by atoms with Gasteiger partial charge in [-0.15, -0.1) is 0 Å². The molecule has 48 heavy (non-hydrogen) atoms. The highest BCUT2D eigenvalue weighted by molar-refractivity contribution is 7.46. The Morgan fingerprint density at radius 2 is 1.00 bits per heavy atom. The van der Waals surface area contributed by atoms with Gasteiger partial charge in [-0.2, -0.15) is 0 Å². The quantitative estimate of drug-likeness (QED) is 0.0309. The number of ether oxygens (including phenoxy) is 2. The predicted molar refractivity (Wildman–Crippen MR) is 197 cm³/mol. The largest absolute Gasteiger partial charge is 0.469 e. The molecule has 2 N–H and O–H groups in total. The van der Waals surface area contributed by atoms with Gasteiger partial charge < -0.3 is 19.3 Å². The lowest BCUT2D eigenvalue weighted by molar-refractivity contribution is -0.161. The van der Waals surface area contributed by atoms with Crippen molar-refractivity contribution in [2.45, 2.75) is 148 Å². The first-order chi connectivity index (χ1) is 23.3. The molecule has 0 rings (SSSR count). The van der Waals surface area contributed by atoms with Crippen molar-refractivity contribution in [2.75, 3.05) is 13.2 Å². The minimum atomic E-state index is -4.76. The van der Waals surface area contributed by atoms with E-state index in [2.05, 4.69) is 60.9 Å². The van der Waals surface area contributed by atoms with Crippen LogP contribution in [0.4, 0.5) is 0 Å². The summed E-state index contributed by atoms with van der Waals surface area (Å²) in [6, 6.07) is 0. The maximum absolute atomic E-state index is 12.3. The molecule has 8 nitrogen and oxygen atoms in total. The van der Waals surface area contributed by atoms with E-state index in [-0.39, 0.29) is 19.4 Å². The van der Waals surface area contributed by atoms with Crippen molar-refractivity contribution in [2.24, 2.45) is 0 Å². The van der Waals surface area contributed by atoms with E-state index >= 15 is 0 Å². The molecular formula is C39H65O8P. The van der Waals surface area contributed by atoms with E-state index in [0.29, 0.717) is 12.8 Å². The van der Waals surface area contributed by atoms with Crippen LogP contribution in [0.1, 0.15) is 142 Å². The average Bonchev–Trinajstić information content (AvgIpc) is 3.05. The number of carbonyl (C=O) groups is 2. The van der Waals surface area contributed by atoms with Crippen LogP contribution in [0.25, 0.3) is 0 Å². The smallest absolute Gasteiger partial charge is 0.462 e. The fourth-order valence-electron chi connectivity index (χ4n) is 4.61. The monoisotopic (exact) mass is 692 g/mol. The number of phosphoric acid groups is 1. The molecule has 0 bridgehead atoms. The molecule has 0 aromatic heterocycles. The molecule has 0 spiro atoms. The highest BCUT2D eigenvalue weighted by Crippen LogP contribution is 2.35. The zero-order valence-corrected chi connectivity index (χ0v) is 30.7. The van der Waals surface area contributed by atoms with Crippen molar-refractivity contribution >= 4 is 19.8 Å². The first kappa shape index (κ1) is 45.5. The summed E-state index contributed by atoms with van der Waals surface area (Å²) >= 11 is 0. The zero-order valence-electron chi connectivity index (χ0n) is 29.9. The summed E-state index contributed by atoms with van der Waals surface area (Å²) in [5.74, 6) is -0.938. The van der Waals surface area contributed by atoms with Gasteiger partial charge in [0.15, 0.2) is 6.10 Å². The SMILES string of the molecule is CC/C=C/C=C/C=C/C=C/CCCCCCCC(=O)OC[C@H](COP(=O)(O)O)OC(=O)CCCCCCC/C=C/C=C/CCCCCC. The summed E-state index contributed by atoms with van der Waals surface area (Å²) in [5, 5.41) is 0. The van der Waals surface area contributed by atoms with Gasteiger partial charge in [-0.3, -0.25) is 14.1 Å². The van der Waals surface area contributed by atoms with E-state index in [4.69, 9.17) is 19.3 Å². The number of phosphoric ester groups is 1. The summed E-state index contributed by atoms with van der Waals surface area (Å²) in [5.41, 5.74) is 0. The summed E-state index contributed by atoms with van der Waals surface area (Å²) < 4.78 is 26.3. The number of rotatable bonds is 32. The molecule has 0 radical (unpaired) electrons. The van der Waals surface area contributed by atoms with Gasteiger partial charge in [0.05, 0.1) is 6.61 Å². The van der Waals surface area contributed by atoms with Gasteiger partial charge in [-0.25, -0.2) is 4.57 Å². The topological polar surface area (TPSA) is 119 Å². The molecule has 0 heterocycles. The second-order valence-corrected chi connectivity index (χ2v) is 13.2. The van der Waals surface area contributed by atoms with E-state index in [9.17, 15) is 14.2 Å². The van der Waals surface area contributed by atoms with Crippen LogP contribution in [0.5, 0.6) is 0 Å². The second kappa shape index (κ2) is 34.4. The molecule has 0 fully saturated rings. The number of hydrogen-bond donors (Lipinski definition) is 2. The Bertz CT molecular complexity index is 1010. The lowest BCUT2D eigenvalue weighted by Crippen LogP contribution is -2.29. The third kappa shape index (κ3) is 36.3. The molecule has 9 heteroatoms. The molecule has 0 aliphatic carbocycles. The molecule has 1 atom stereocenters. The first-order valence-electron chi connectivity index (χ1n) is 18.3. The van der Waals surface area contributed by atoms with Crippen molar-refractivity contribution in [1.82, 2.24) is 0 Å². The maximum atomic E-state index is 12.3. The Labute approximate surface area is 291 Å². The molecule has 0 saturated carbocycles. The van der Waals surface area contributed by atoms with Crippen LogP contribution < -0.4 is 0 Å². The Hall–Kier alpha value is -2.51. The Kier molecular flexibility index (Phi) is 32.6. The minimum absolute atomic E-state index is 0.185. The van der Waals surface area contributed by atoms with E-state index in [0.717, 1.165) is 77.0 Å². The van der Waals surface area contributed by atoms with Gasteiger partial charge >= 0.3 is 19.8 Å². The number of unbranched alkanes of at least 4 members (excludes halogenated alkanes) is 14. The Morgan fingerprint density at radius 3 is 1.52 bits per heavy atom. The van der Waals surface area contributed by atoms with E-state index < -0.39 is 32.5 Å². The summed E-state index contributed by atoms with van der Waals surface area (Å²) in [6.45, 7) is 3.47. The van der Waals surface area contributed by atoms with Gasteiger partial charge in [-0.05, 0) is 57.8 Å². The van der Waals surface area contributed by atoms with E-state index in [1.165, 1.54) is 25.7 Å². The molecule has 0 aromatic rings. The first-order valence-corrected chi connectivity index (χ1v) is 19.8. The third-order valence-corrected chi connectivity index (χ3v) is 7.82. The van der Waals surface area contributed by atoms with Gasteiger partial charge in [0.1, 0.15) is 6.61 Å². The van der Waals surface area contributed by atoms with Crippen molar-refractivity contribution in [3.05, 3.63) is 72.9 Å². The molecule has 0 unspecified atom stereocenters. The molecule has 0 aliphatic rings. The van der Waals surface area contributed by atoms with Gasteiger partial charge in [-0.1, -0.05) is 145 Å². The van der Waals surface area contributed by atoms with Crippen LogP contribution in [-0.4, -0.2) is 41.0 Å². The minimum Gasteiger partial charge on any atom is -0.462 e. The Balaban J connectivity index is 4.08. The van der Waals surface area contributed by atoms with Crippen LogP contribution in [0.3, 0.4) is 0 Å². The highest BCUT2D eigenvalue weighted by Gasteiger charge is 2.22. The van der Waals surface area contributed by atoms with Crippen molar-refractivity contribution in [3.63, 3.8) is 0 Å². The number of esters is 2. The number of allylic oxidation sites excluding steroid dienone is 12. The zero-order chi connectivity index (χ0) is 35.4. The fraction of sp³-hybridized carbons (Fsp3) is 0.641. The summed E-state index contributed by atoms with van der Waals surface area (Å²) in [7, 11) is -4.76. The lowest BCUT2D eigenvalue weighted by Gasteiger charge is -2.18.